The Morgan fingerprint density at radius 2 is 1.65 bits per heavy atom. The maximum atomic E-state index is 6.03. The Bertz CT molecular complexity index is 566. The van der Waals surface area contributed by atoms with E-state index in [2.05, 4.69) is 12.2 Å². The fourth-order valence-electron chi connectivity index (χ4n) is 1.98. The average molecular weight is 329 g/mol. The first-order valence-corrected chi connectivity index (χ1v) is 7.62. The second-order valence-electron chi connectivity index (χ2n) is 4.73. The number of nitrogens with one attached hydrogen (secondary N) is 1. The van der Waals surface area contributed by atoms with Crippen molar-refractivity contribution in [3.05, 3.63) is 68.7 Å². The summed E-state index contributed by atoms with van der Waals surface area (Å²) >= 11 is 17.8. The molecule has 0 aliphatic heterocycles. The van der Waals surface area contributed by atoms with Gasteiger partial charge < -0.3 is 5.32 Å². The number of hydrogen-bond acceptors (Lipinski definition) is 1. The molecule has 0 aromatic heterocycles. The summed E-state index contributed by atoms with van der Waals surface area (Å²) < 4.78 is 0. The van der Waals surface area contributed by atoms with E-state index in [1.54, 1.807) is 0 Å². The Morgan fingerprint density at radius 1 is 0.950 bits per heavy atom. The minimum absolute atomic E-state index is 0.233. The summed E-state index contributed by atoms with van der Waals surface area (Å²) in [4.78, 5) is 0. The van der Waals surface area contributed by atoms with Crippen molar-refractivity contribution < 1.29 is 0 Å². The predicted octanol–water partition coefficient (Wildman–Crippen LogP) is 5.54. The first kappa shape index (κ1) is 15.7. The molecular weight excluding hydrogens is 313 g/mol. The monoisotopic (exact) mass is 327 g/mol. The van der Waals surface area contributed by atoms with Crippen molar-refractivity contribution >= 4 is 34.8 Å². The third kappa shape index (κ3) is 4.39. The summed E-state index contributed by atoms with van der Waals surface area (Å²) in [5, 5.41) is 5.42. The van der Waals surface area contributed by atoms with Crippen LogP contribution >= 0.6 is 34.8 Å². The van der Waals surface area contributed by atoms with E-state index < -0.39 is 0 Å². The number of hydrogen-bond donors (Lipinski definition) is 1. The van der Waals surface area contributed by atoms with Gasteiger partial charge in [-0.25, -0.2) is 0 Å². The topological polar surface area (TPSA) is 12.0 Å². The molecule has 1 unspecified atom stereocenters. The summed E-state index contributed by atoms with van der Waals surface area (Å²) in [6, 6.07) is 13.9. The van der Waals surface area contributed by atoms with Gasteiger partial charge in [-0.2, -0.15) is 0 Å². The highest BCUT2D eigenvalue weighted by Crippen LogP contribution is 2.25. The van der Waals surface area contributed by atoms with Gasteiger partial charge in [0.15, 0.2) is 0 Å². The lowest BCUT2D eigenvalue weighted by atomic mass is 10.1. The van der Waals surface area contributed by atoms with Crippen molar-refractivity contribution in [1.29, 1.82) is 0 Å². The van der Waals surface area contributed by atoms with E-state index in [4.69, 9.17) is 34.8 Å². The molecule has 2 rings (SSSR count). The third-order valence-electron chi connectivity index (χ3n) is 3.22. The van der Waals surface area contributed by atoms with Gasteiger partial charge in [0.05, 0.1) is 10.0 Å². The van der Waals surface area contributed by atoms with Crippen LogP contribution in [0.2, 0.25) is 15.1 Å². The Labute approximate surface area is 134 Å². The van der Waals surface area contributed by atoms with Crippen molar-refractivity contribution in [3.63, 3.8) is 0 Å². The Morgan fingerprint density at radius 3 is 2.30 bits per heavy atom. The molecule has 4 heteroatoms. The number of rotatable bonds is 5. The van der Waals surface area contributed by atoms with Crippen LogP contribution in [-0.2, 0) is 6.42 Å². The highest BCUT2D eigenvalue weighted by atomic mass is 35.5. The molecule has 0 bridgehead atoms. The van der Waals surface area contributed by atoms with E-state index in [1.165, 1.54) is 5.56 Å². The van der Waals surface area contributed by atoms with Gasteiger partial charge in [0.1, 0.15) is 0 Å². The molecule has 20 heavy (non-hydrogen) atoms. The molecule has 0 aliphatic rings. The molecule has 2 aromatic rings. The standard InChI is InChI=1S/C16H16Cl3N/c1-11(13-4-7-15(18)16(19)10-13)20-9-8-12-2-5-14(17)6-3-12/h2-7,10-11,20H,8-9H2,1H3. The molecule has 0 spiro atoms. The molecule has 1 nitrogen and oxygen atoms in total. The van der Waals surface area contributed by atoms with Gasteiger partial charge in [0.25, 0.3) is 0 Å². The lowest BCUT2D eigenvalue weighted by molar-refractivity contribution is 0.577. The van der Waals surface area contributed by atoms with Crippen LogP contribution in [0.4, 0.5) is 0 Å². The highest BCUT2D eigenvalue weighted by molar-refractivity contribution is 6.42. The Hall–Kier alpha value is -0.730. The molecule has 0 saturated carbocycles. The summed E-state index contributed by atoms with van der Waals surface area (Å²) in [7, 11) is 0. The summed E-state index contributed by atoms with van der Waals surface area (Å²) in [5.74, 6) is 0. The van der Waals surface area contributed by atoms with E-state index in [0.717, 1.165) is 23.6 Å². The van der Waals surface area contributed by atoms with E-state index in [9.17, 15) is 0 Å². The molecule has 0 saturated heterocycles. The van der Waals surface area contributed by atoms with E-state index in [-0.39, 0.29) is 6.04 Å². The predicted molar refractivity (Wildman–Crippen MR) is 88.0 cm³/mol. The molecule has 1 atom stereocenters. The van der Waals surface area contributed by atoms with Gasteiger partial charge in [-0.3, -0.25) is 0 Å². The average Bonchev–Trinajstić information content (AvgIpc) is 2.44. The van der Waals surface area contributed by atoms with Crippen LogP contribution in [0.25, 0.3) is 0 Å². The molecule has 1 N–H and O–H groups in total. The molecule has 2 aromatic carbocycles. The number of benzene rings is 2. The highest BCUT2D eigenvalue weighted by Gasteiger charge is 2.07. The smallest absolute Gasteiger partial charge is 0.0595 e. The zero-order valence-corrected chi connectivity index (χ0v) is 13.4. The minimum atomic E-state index is 0.233. The Kier molecular flexibility index (Phi) is 5.74. The van der Waals surface area contributed by atoms with Gasteiger partial charge in [-0.1, -0.05) is 53.0 Å². The van der Waals surface area contributed by atoms with Gasteiger partial charge in [-0.05, 0) is 55.3 Å². The van der Waals surface area contributed by atoms with E-state index in [1.807, 2.05) is 42.5 Å². The van der Waals surface area contributed by atoms with Crippen molar-refractivity contribution in [1.82, 2.24) is 5.32 Å². The van der Waals surface area contributed by atoms with Crippen LogP contribution in [0.1, 0.15) is 24.1 Å². The lowest BCUT2D eigenvalue weighted by Gasteiger charge is -2.15. The van der Waals surface area contributed by atoms with Crippen LogP contribution in [0, 0.1) is 0 Å². The maximum Gasteiger partial charge on any atom is 0.0595 e. The molecule has 0 heterocycles. The zero-order valence-electron chi connectivity index (χ0n) is 11.2. The SMILES string of the molecule is CC(NCCc1ccc(Cl)cc1)c1ccc(Cl)c(Cl)c1. The summed E-state index contributed by atoms with van der Waals surface area (Å²) in [5.41, 5.74) is 2.40. The molecule has 106 valence electrons. The molecule has 0 amide bonds. The van der Waals surface area contributed by atoms with Gasteiger partial charge in [-0.15, -0.1) is 0 Å². The fraction of sp³-hybridized carbons (Fsp3) is 0.250. The first-order valence-electron chi connectivity index (χ1n) is 6.49. The zero-order chi connectivity index (χ0) is 14.5. The van der Waals surface area contributed by atoms with E-state index in [0.29, 0.717) is 10.0 Å². The van der Waals surface area contributed by atoms with Crippen LogP contribution in [-0.4, -0.2) is 6.54 Å². The second kappa shape index (κ2) is 7.33. The first-order chi connectivity index (χ1) is 9.56. The van der Waals surface area contributed by atoms with Crippen molar-refractivity contribution in [2.45, 2.75) is 19.4 Å². The Balaban J connectivity index is 1.87. The fourth-order valence-corrected chi connectivity index (χ4v) is 2.42. The normalized spacial score (nSPS) is 12.4. The summed E-state index contributed by atoms with van der Waals surface area (Å²) in [6.45, 7) is 3.00. The van der Waals surface area contributed by atoms with Crippen LogP contribution in [0.5, 0.6) is 0 Å². The summed E-state index contributed by atoms with van der Waals surface area (Å²) in [6.07, 6.45) is 0.961. The van der Waals surface area contributed by atoms with Crippen molar-refractivity contribution in [2.75, 3.05) is 6.54 Å². The quantitative estimate of drug-likeness (QED) is 0.760. The van der Waals surface area contributed by atoms with Crippen LogP contribution in [0.3, 0.4) is 0 Å². The second-order valence-corrected chi connectivity index (χ2v) is 5.98. The third-order valence-corrected chi connectivity index (χ3v) is 4.21. The van der Waals surface area contributed by atoms with Crippen molar-refractivity contribution in [3.8, 4) is 0 Å². The molecule has 0 aliphatic carbocycles. The van der Waals surface area contributed by atoms with Crippen molar-refractivity contribution in [2.24, 2.45) is 0 Å². The van der Waals surface area contributed by atoms with Gasteiger partial charge in [0, 0.05) is 11.1 Å². The lowest BCUT2D eigenvalue weighted by Crippen LogP contribution is -2.21. The number of halogens is 3. The molecule has 0 fully saturated rings. The van der Waals surface area contributed by atoms with Gasteiger partial charge >= 0.3 is 0 Å². The van der Waals surface area contributed by atoms with Gasteiger partial charge in [0.2, 0.25) is 0 Å². The van der Waals surface area contributed by atoms with Crippen LogP contribution < -0.4 is 5.32 Å². The largest absolute Gasteiger partial charge is 0.310 e. The van der Waals surface area contributed by atoms with E-state index >= 15 is 0 Å². The minimum Gasteiger partial charge on any atom is -0.310 e. The molecular formula is C16H16Cl3N. The maximum absolute atomic E-state index is 6.03. The molecule has 0 radical (unpaired) electrons. The van der Waals surface area contributed by atoms with Crippen LogP contribution in [0.15, 0.2) is 42.5 Å².